The van der Waals surface area contributed by atoms with Crippen LogP contribution in [-0.2, 0) is 0 Å². The molecule has 16 heavy (non-hydrogen) atoms. The number of hydrogen-bond acceptors (Lipinski definition) is 1. The molecule has 3 aromatic rings. The van der Waals surface area contributed by atoms with Crippen molar-refractivity contribution in [2.24, 2.45) is 0 Å². The maximum atomic E-state index is 4.39. The van der Waals surface area contributed by atoms with Crippen LogP contribution in [0.1, 0.15) is 0 Å². The summed E-state index contributed by atoms with van der Waals surface area (Å²) in [7, 11) is 0. The summed E-state index contributed by atoms with van der Waals surface area (Å²) in [6.07, 6.45) is 3.84. The first-order valence-corrected chi connectivity index (χ1v) is 5.82. The van der Waals surface area contributed by atoms with Gasteiger partial charge in [-0.1, -0.05) is 18.2 Å². The summed E-state index contributed by atoms with van der Waals surface area (Å²) < 4.78 is 3.08. The Kier molecular flexibility index (Phi) is 2.26. The van der Waals surface area contributed by atoms with E-state index in [0.717, 1.165) is 10.3 Å². The van der Waals surface area contributed by atoms with E-state index in [1.54, 1.807) is 6.20 Å². The first-order chi connectivity index (χ1) is 7.86. The van der Waals surface area contributed by atoms with Crippen LogP contribution in [0.3, 0.4) is 0 Å². The molecule has 0 aliphatic carbocycles. The molecule has 3 rings (SSSR count). The predicted molar refractivity (Wildman–Crippen MR) is 68.8 cm³/mol. The predicted octanol–water partition coefficient (Wildman–Crippen LogP) is 3.79. The van der Waals surface area contributed by atoms with Gasteiger partial charge in [0.05, 0.1) is 9.99 Å². The summed E-state index contributed by atoms with van der Waals surface area (Å²) in [6.45, 7) is 0. The molecule has 0 fully saturated rings. The summed E-state index contributed by atoms with van der Waals surface area (Å²) in [5, 5.41) is 1.22. The molecule has 0 saturated carbocycles. The van der Waals surface area contributed by atoms with Crippen molar-refractivity contribution in [1.82, 2.24) is 9.55 Å². The Morgan fingerprint density at radius 2 is 1.88 bits per heavy atom. The monoisotopic (exact) mass is 272 g/mol. The van der Waals surface area contributed by atoms with Gasteiger partial charge < -0.3 is 4.57 Å². The second kappa shape index (κ2) is 3.76. The Morgan fingerprint density at radius 1 is 1.00 bits per heavy atom. The van der Waals surface area contributed by atoms with Crippen molar-refractivity contribution >= 4 is 26.8 Å². The van der Waals surface area contributed by atoms with Gasteiger partial charge in [-0.15, -0.1) is 0 Å². The highest BCUT2D eigenvalue weighted by Gasteiger charge is 2.05. The highest BCUT2D eigenvalue weighted by molar-refractivity contribution is 9.10. The lowest BCUT2D eigenvalue weighted by Crippen LogP contribution is -1.95. The third-order valence-electron chi connectivity index (χ3n) is 2.57. The normalized spacial score (nSPS) is 10.8. The number of hydrogen-bond donors (Lipinski definition) is 0. The van der Waals surface area contributed by atoms with Crippen LogP contribution in [0.25, 0.3) is 16.7 Å². The molecule has 2 nitrogen and oxygen atoms in total. The summed E-state index contributed by atoms with van der Waals surface area (Å²) >= 11 is 3.52. The smallest absolute Gasteiger partial charge is 0.151 e. The number of aromatic nitrogens is 2. The van der Waals surface area contributed by atoms with Gasteiger partial charge in [0.15, 0.2) is 5.82 Å². The molecule has 0 amide bonds. The third kappa shape index (κ3) is 1.44. The van der Waals surface area contributed by atoms with Crippen molar-refractivity contribution in [3.05, 3.63) is 59.3 Å². The molecule has 2 heterocycles. The standard InChI is InChI=1S/C13H9BrN2/c14-11-5-3-8-15-13(11)16-9-7-10-4-1-2-6-12(10)16/h1-9H. The van der Waals surface area contributed by atoms with E-state index < -0.39 is 0 Å². The number of fused-ring (bicyclic) bond motifs is 1. The Bertz CT molecular complexity index is 643. The highest BCUT2D eigenvalue weighted by atomic mass is 79.9. The zero-order valence-corrected chi connectivity index (χ0v) is 10.1. The maximum Gasteiger partial charge on any atom is 0.151 e. The molecule has 0 N–H and O–H groups in total. The van der Waals surface area contributed by atoms with E-state index in [1.165, 1.54) is 10.9 Å². The fourth-order valence-corrected chi connectivity index (χ4v) is 2.27. The minimum atomic E-state index is 0.920. The average molecular weight is 273 g/mol. The quantitative estimate of drug-likeness (QED) is 0.659. The van der Waals surface area contributed by atoms with Gasteiger partial charge in [0.1, 0.15) is 0 Å². The van der Waals surface area contributed by atoms with Gasteiger partial charge in [-0.05, 0) is 45.6 Å². The summed E-state index contributed by atoms with van der Waals surface area (Å²) in [6, 6.07) is 14.3. The molecule has 0 atom stereocenters. The van der Waals surface area contributed by atoms with Crippen molar-refractivity contribution < 1.29 is 0 Å². The number of halogens is 1. The van der Waals surface area contributed by atoms with Gasteiger partial charge in [-0.2, -0.15) is 0 Å². The molecule has 0 radical (unpaired) electrons. The van der Waals surface area contributed by atoms with Crippen molar-refractivity contribution in [2.75, 3.05) is 0 Å². The molecule has 2 aromatic heterocycles. The summed E-state index contributed by atoms with van der Waals surface area (Å²) in [5.41, 5.74) is 1.17. The van der Waals surface area contributed by atoms with Crippen molar-refractivity contribution in [2.45, 2.75) is 0 Å². The van der Waals surface area contributed by atoms with E-state index in [1.807, 2.05) is 30.5 Å². The Hall–Kier alpha value is -1.61. The summed E-state index contributed by atoms with van der Waals surface area (Å²) in [5.74, 6) is 0.920. The first-order valence-electron chi connectivity index (χ1n) is 5.03. The molecule has 0 bridgehead atoms. The fourth-order valence-electron chi connectivity index (χ4n) is 1.82. The molecule has 0 spiro atoms. The van der Waals surface area contributed by atoms with Crippen LogP contribution < -0.4 is 0 Å². The molecule has 0 saturated heterocycles. The number of rotatable bonds is 1. The van der Waals surface area contributed by atoms with E-state index in [9.17, 15) is 0 Å². The van der Waals surface area contributed by atoms with Gasteiger partial charge in [-0.25, -0.2) is 4.98 Å². The van der Waals surface area contributed by atoms with Crippen molar-refractivity contribution in [1.29, 1.82) is 0 Å². The van der Waals surface area contributed by atoms with Crippen LogP contribution >= 0.6 is 15.9 Å². The fraction of sp³-hybridized carbons (Fsp3) is 0. The van der Waals surface area contributed by atoms with E-state index in [0.29, 0.717) is 0 Å². The third-order valence-corrected chi connectivity index (χ3v) is 3.19. The van der Waals surface area contributed by atoms with Crippen LogP contribution in [0.2, 0.25) is 0 Å². The minimum Gasteiger partial charge on any atom is -0.300 e. The number of para-hydroxylation sites is 1. The van der Waals surface area contributed by atoms with Gasteiger partial charge in [-0.3, -0.25) is 0 Å². The Balaban J connectivity index is 2.31. The highest BCUT2D eigenvalue weighted by Crippen LogP contribution is 2.23. The van der Waals surface area contributed by atoms with E-state index in [2.05, 4.69) is 43.7 Å². The molecule has 0 aliphatic rings. The molecule has 0 aliphatic heterocycles. The Labute approximate surface area is 102 Å². The van der Waals surface area contributed by atoms with Crippen molar-refractivity contribution in [3.8, 4) is 5.82 Å². The van der Waals surface area contributed by atoms with Crippen LogP contribution in [0, 0.1) is 0 Å². The molecule has 1 aromatic carbocycles. The lowest BCUT2D eigenvalue weighted by molar-refractivity contribution is 1.03. The zero-order chi connectivity index (χ0) is 11.0. The van der Waals surface area contributed by atoms with Crippen LogP contribution in [0.5, 0.6) is 0 Å². The van der Waals surface area contributed by atoms with Crippen molar-refractivity contribution in [3.63, 3.8) is 0 Å². The maximum absolute atomic E-state index is 4.39. The SMILES string of the molecule is Brc1cccnc1-n1ccc2ccccc21. The van der Waals surface area contributed by atoms with Gasteiger partial charge in [0.2, 0.25) is 0 Å². The molecule has 78 valence electrons. The molecular weight excluding hydrogens is 264 g/mol. The molecule has 3 heteroatoms. The van der Waals surface area contributed by atoms with Gasteiger partial charge in [0, 0.05) is 12.4 Å². The van der Waals surface area contributed by atoms with E-state index in [-0.39, 0.29) is 0 Å². The topological polar surface area (TPSA) is 17.8 Å². The second-order valence-electron chi connectivity index (χ2n) is 3.55. The summed E-state index contributed by atoms with van der Waals surface area (Å²) in [4.78, 5) is 4.39. The largest absolute Gasteiger partial charge is 0.300 e. The van der Waals surface area contributed by atoms with Crippen LogP contribution in [0.4, 0.5) is 0 Å². The second-order valence-corrected chi connectivity index (χ2v) is 4.41. The molecule has 0 unspecified atom stereocenters. The average Bonchev–Trinajstić information content (AvgIpc) is 2.74. The van der Waals surface area contributed by atoms with E-state index >= 15 is 0 Å². The Morgan fingerprint density at radius 3 is 2.75 bits per heavy atom. The zero-order valence-electron chi connectivity index (χ0n) is 8.47. The number of nitrogens with zero attached hydrogens (tertiary/aromatic N) is 2. The van der Waals surface area contributed by atoms with Crippen LogP contribution in [0.15, 0.2) is 59.3 Å². The van der Waals surface area contributed by atoms with Gasteiger partial charge >= 0.3 is 0 Å². The van der Waals surface area contributed by atoms with Crippen LogP contribution in [-0.4, -0.2) is 9.55 Å². The van der Waals surface area contributed by atoms with Gasteiger partial charge in [0.25, 0.3) is 0 Å². The van der Waals surface area contributed by atoms with E-state index in [4.69, 9.17) is 0 Å². The lowest BCUT2D eigenvalue weighted by atomic mass is 10.2. The lowest BCUT2D eigenvalue weighted by Gasteiger charge is -2.05. The number of benzene rings is 1. The minimum absolute atomic E-state index is 0.920. The first kappa shape index (κ1) is 9.60. The molecular formula is C13H9BrN2. The number of pyridine rings is 1.